The summed E-state index contributed by atoms with van der Waals surface area (Å²) in [5, 5.41) is 5.24. The second-order valence-corrected chi connectivity index (χ2v) is 5.12. The van der Waals surface area contributed by atoms with Crippen LogP contribution in [0.4, 0.5) is 5.82 Å². The Hall–Kier alpha value is -1.42. The van der Waals surface area contributed by atoms with Gasteiger partial charge < -0.3 is 5.32 Å². The highest BCUT2D eigenvalue weighted by molar-refractivity contribution is 7.10. The van der Waals surface area contributed by atoms with Crippen molar-refractivity contribution in [3.8, 4) is 11.3 Å². The summed E-state index contributed by atoms with van der Waals surface area (Å²) < 4.78 is 0. The SMILES string of the molecule is CCCc1nc(NC)cc(-c2csc(C)c2)n1. The molecule has 0 saturated heterocycles. The number of aromatic nitrogens is 2. The first-order valence-electron chi connectivity index (χ1n) is 5.84. The molecule has 2 aromatic rings. The predicted octanol–water partition coefficient (Wildman–Crippen LogP) is 3.51. The van der Waals surface area contributed by atoms with E-state index in [4.69, 9.17) is 0 Å². The Labute approximate surface area is 106 Å². The largest absolute Gasteiger partial charge is 0.373 e. The van der Waals surface area contributed by atoms with Crippen molar-refractivity contribution in [3.05, 3.63) is 28.2 Å². The first kappa shape index (κ1) is 12.0. The monoisotopic (exact) mass is 247 g/mol. The van der Waals surface area contributed by atoms with Crippen molar-refractivity contribution in [1.29, 1.82) is 0 Å². The van der Waals surface area contributed by atoms with Gasteiger partial charge in [0.1, 0.15) is 11.6 Å². The average molecular weight is 247 g/mol. The van der Waals surface area contributed by atoms with E-state index in [-0.39, 0.29) is 0 Å². The lowest BCUT2D eigenvalue weighted by molar-refractivity contribution is 0.838. The summed E-state index contributed by atoms with van der Waals surface area (Å²) in [6.07, 6.45) is 1.99. The Morgan fingerprint density at radius 3 is 2.71 bits per heavy atom. The van der Waals surface area contributed by atoms with E-state index in [1.165, 1.54) is 10.4 Å². The number of anilines is 1. The standard InChI is InChI=1S/C13H17N3S/c1-4-5-12-15-11(7-13(14-3)16-12)10-6-9(2)17-8-10/h6-8H,4-5H2,1-3H3,(H,14,15,16). The number of nitrogens with one attached hydrogen (secondary N) is 1. The van der Waals surface area contributed by atoms with E-state index in [1.807, 2.05) is 13.1 Å². The lowest BCUT2D eigenvalue weighted by atomic mass is 10.2. The van der Waals surface area contributed by atoms with Gasteiger partial charge in [0.15, 0.2) is 0 Å². The number of rotatable bonds is 4. The summed E-state index contributed by atoms with van der Waals surface area (Å²) in [7, 11) is 1.89. The van der Waals surface area contributed by atoms with E-state index in [0.717, 1.165) is 30.2 Å². The van der Waals surface area contributed by atoms with Gasteiger partial charge >= 0.3 is 0 Å². The van der Waals surface area contributed by atoms with Gasteiger partial charge in [0, 0.05) is 35.4 Å². The fourth-order valence-electron chi connectivity index (χ4n) is 1.69. The Balaban J connectivity index is 2.42. The van der Waals surface area contributed by atoms with Gasteiger partial charge in [-0.3, -0.25) is 0 Å². The molecule has 0 saturated carbocycles. The fourth-order valence-corrected chi connectivity index (χ4v) is 2.38. The van der Waals surface area contributed by atoms with Gasteiger partial charge in [0.25, 0.3) is 0 Å². The molecule has 0 aliphatic rings. The number of thiophene rings is 1. The molecule has 0 aliphatic carbocycles. The van der Waals surface area contributed by atoms with Crippen molar-refractivity contribution < 1.29 is 0 Å². The summed E-state index contributed by atoms with van der Waals surface area (Å²) >= 11 is 1.75. The van der Waals surface area contributed by atoms with Crippen LogP contribution in [-0.4, -0.2) is 17.0 Å². The highest BCUT2D eigenvalue weighted by atomic mass is 32.1. The highest BCUT2D eigenvalue weighted by Crippen LogP contribution is 2.25. The quantitative estimate of drug-likeness (QED) is 0.898. The maximum Gasteiger partial charge on any atom is 0.131 e. The van der Waals surface area contributed by atoms with Crippen molar-refractivity contribution in [2.45, 2.75) is 26.7 Å². The molecule has 2 heterocycles. The smallest absolute Gasteiger partial charge is 0.131 e. The minimum atomic E-state index is 0.891. The summed E-state index contributed by atoms with van der Waals surface area (Å²) in [6.45, 7) is 4.26. The van der Waals surface area contributed by atoms with Gasteiger partial charge in [0.2, 0.25) is 0 Å². The molecule has 3 nitrogen and oxygen atoms in total. The van der Waals surface area contributed by atoms with Crippen molar-refractivity contribution in [3.63, 3.8) is 0 Å². The van der Waals surface area contributed by atoms with E-state index in [1.54, 1.807) is 11.3 Å². The third-order valence-electron chi connectivity index (χ3n) is 2.53. The van der Waals surface area contributed by atoms with Crippen LogP contribution in [0.15, 0.2) is 17.5 Å². The van der Waals surface area contributed by atoms with Crippen LogP contribution >= 0.6 is 11.3 Å². The molecular weight excluding hydrogens is 230 g/mol. The van der Waals surface area contributed by atoms with Crippen molar-refractivity contribution in [1.82, 2.24) is 9.97 Å². The van der Waals surface area contributed by atoms with Crippen LogP contribution in [0.5, 0.6) is 0 Å². The van der Waals surface area contributed by atoms with Crippen LogP contribution in [0.25, 0.3) is 11.3 Å². The Kier molecular flexibility index (Phi) is 3.74. The lowest BCUT2D eigenvalue weighted by Gasteiger charge is -2.06. The molecule has 0 aliphatic heterocycles. The first-order valence-corrected chi connectivity index (χ1v) is 6.72. The van der Waals surface area contributed by atoms with Gasteiger partial charge in [-0.2, -0.15) is 0 Å². The van der Waals surface area contributed by atoms with Gasteiger partial charge in [-0.25, -0.2) is 9.97 Å². The Morgan fingerprint density at radius 1 is 1.29 bits per heavy atom. The molecule has 2 aromatic heterocycles. The lowest BCUT2D eigenvalue weighted by Crippen LogP contribution is -2.01. The molecule has 0 bridgehead atoms. The van der Waals surface area contributed by atoms with Crippen molar-refractivity contribution >= 4 is 17.2 Å². The molecule has 0 atom stereocenters. The summed E-state index contributed by atoms with van der Waals surface area (Å²) in [5.74, 6) is 1.81. The molecule has 0 spiro atoms. The molecule has 17 heavy (non-hydrogen) atoms. The van der Waals surface area contributed by atoms with Crippen LogP contribution in [0.2, 0.25) is 0 Å². The van der Waals surface area contributed by atoms with E-state index < -0.39 is 0 Å². The van der Waals surface area contributed by atoms with Crippen LogP contribution < -0.4 is 5.32 Å². The van der Waals surface area contributed by atoms with Crippen molar-refractivity contribution in [2.24, 2.45) is 0 Å². The fraction of sp³-hybridized carbons (Fsp3) is 0.385. The van der Waals surface area contributed by atoms with Crippen LogP contribution in [-0.2, 0) is 6.42 Å². The topological polar surface area (TPSA) is 37.8 Å². The highest BCUT2D eigenvalue weighted by Gasteiger charge is 2.06. The zero-order valence-electron chi connectivity index (χ0n) is 10.4. The normalized spacial score (nSPS) is 10.5. The number of hydrogen-bond donors (Lipinski definition) is 1. The van der Waals surface area contributed by atoms with E-state index >= 15 is 0 Å². The van der Waals surface area contributed by atoms with Crippen LogP contribution in [0.3, 0.4) is 0 Å². The maximum atomic E-state index is 4.61. The number of hydrogen-bond acceptors (Lipinski definition) is 4. The minimum Gasteiger partial charge on any atom is -0.373 e. The molecule has 0 amide bonds. The summed E-state index contributed by atoms with van der Waals surface area (Å²) in [4.78, 5) is 10.4. The van der Waals surface area contributed by atoms with Crippen LogP contribution in [0.1, 0.15) is 24.0 Å². The summed E-state index contributed by atoms with van der Waals surface area (Å²) in [6, 6.07) is 4.17. The van der Waals surface area contributed by atoms with E-state index in [0.29, 0.717) is 0 Å². The third-order valence-corrected chi connectivity index (χ3v) is 3.39. The van der Waals surface area contributed by atoms with Gasteiger partial charge in [-0.15, -0.1) is 11.3 Å². The van der Waals surface area contributed by atoms with Gasteiger partial charge in [-0.1, -0.05) is 6.92 Å². The molecule has 0 fully saturated rings. The zero-order chi connectivity index (χ0) is 12.3. The molecule has 0 unspecified atom stereocenters. The maximum absolute atomic E-state index is 4.61. The molecule has 4 heteroatoms. The molecule has 90 valence electrons. The van der Waals surface area contributed by atoms with Gasteiger partial charge in [0.05, 0.1) is 5.69 Å². The third kappa shape index (κ3) is 2.82. The first-order chi connectivity index (χ1) is 8.22. The van der Waals surface area contributed by atoms with E-state index in [9.17, 15) is 0 Å². The zero-order valence-corrected chi connectivity index (χ0v) is 11.3. The summed E-state index contributed by atoms with van der Waals surface area (Å²) in [5.41, 5.74) is 2.20. The van der Waals surface area contributed by atoms with E-state index in [2.05, 4.69) is 40.6 Å². The number of aryl methyl sites for hydroxylation is 2. The Bertz CT molecular complexity index is 505. The molecule has 2 rings (SSSR count). The minimum absolute atomic E-state index is 0.891. The van der Waals surface area contributed by atoms with Crippen LogP contribution in [0, 0.1) is 6.92 Å². The Morgan fingerprint density at radius 2 is 2.12 bits per heavy atom. The second kappa shape index (κ2) is 5.27. The predicted molar refractivity (Wildman–Crippen MR) is 73.6 cm³/mol. The number of nitrogens with zero attached hydrogens (tertiary/aromatic N) is 2. The molecule has 0 aromatic carbocycles. The molecule has 0 radical (unpaired) electrons. The van der Waals surface area contributed by atoms with Crippen molar-refractivity contribution in [2.75, 3.05) is 12.4 Å². The molecular formula is C13H17N3S. The second-order valence-electron chi connectivity index (χ2n) is 4.00. The average Bonchev–Trinajstić information content (AvgIpc) is 2.76. The van der Waals surface area contributed by atoms with Gasteiger partial charge in [-0.05, 0) is 19.4 Å². The molecule has 1 N–H and O–H groups in total.